The fourth-order valence-corrected chi connectivity index (χ4v) is 2.29. The van der Waals surface area contributed by atoms with Crippen molar-refractivity contribution in [1.82, 2.24) is 5.32 Å². The summed E-state index contributed by atoms with van der Waals surface area (Å²) in [6, 6.07) is 0. The number of nitrogens with one attached hydrogen (secondary N) is 1. The van der Waals surface area contributed by atoms with E-state index in [-0.39, 0.29) is 6.10 Å². The normalized spacial score (nSPS) is 14.8. The van der Waals surface area contributed by atoms with Crippen LogP contribution in [0.4, 0.5) is 0 Å². The van der Waals surface area contributed by atoms with E-state index in [2.05, 4.69) is 24.2 Å². The Hall–Kier alpha value is -0.810. The number of rotatable bonds is 14. The number of guanidine groups is 1. The molecule has 0 heterocycles. The zero-order valence-corrected chi connectivity index (χ0v) is 14.6. The molecule has 0 aliphatic heterocycles. The Labute approximate surface area is 136 Å². The number of hydrogen-bond donors (Lipinski definition) is 4. The van der Waals surface area contributed by atoms with Gasteiger partial charge in [0.05, 0.1) is 18.8 Å². The number of nitrogens with two attached hydrogens (primary N) is 1. The summed E-state index contributed by atoms with van der Waals surface area (Å²) < 4.78 is 0. The number of aliphatic hydroxyl groups is 2. The quantitative estimate of drug-likeness (QED) is 0.225. The maximum Gasteiger partial charge on any atom is 0.188 e. The average Bonchev–Trinajstić information content (AvgIpc) is 2.51. The number of aliphatic hydroxyl groups excluding tert-OH is 2. The van der Waals surface area contributed by atoms with E-state index in [1.807, 2.05) is 0 Å². The van der Waals surface area contributed by atoms with Crippen LogP contribution < -0.4 is 11.1 Å². The predicted octanol–water partition coefficient (Wildman–Crippen LogP) is 2.55. The van der Waals surface area contributed by atoms with Crippen LogP contribution >= 0.6 is 0 Å². The second kappa shape index (κ2) is 15.1. The summed E-state index contributed by atoms with van der Waals surface area (Å²) in [5.74, 6) is 0.306. The highest BCUT2D eigenvalue weighted by Gasteiger charge is 2.06. The van der Waals surface area contributed by atoms with E-state index >= 15 is 0 Å². The van der Waals surface area contributed by atoms with Crippen molar-refractivity contribution >= 4 is 5.96 Å². The molecule has 5 nitrogen and oxygen atoms in total. The molecule has 0 saturated carbocycles. The van der Waals surface area contributed by atoms with Gasteiger partial charge in [0.15, 0.2) is 5.96 Å². The van der Waals surface area contributed by atoms with E-state index in [1.54, 1.807) is 0 Å². The first-order valence-corrected chi connectivity index (χ1v) is 9.00. The molecule has 0 bridgehead atoms. The molecular formula is C17H37N3O2. The summed E-state index contributed by atoms with van der Waals surface area (Å²) in [7, 11) is 0. The average molecular weight is 316 g/mol. The molecule has 0 amide bonds. The van der Waals surface area contributed by atoms with Gasteiger partial charge in [-0.05, 0) is 12.8 Å². The number of nitrogens with zero attached hydrogens (tertiary/aromatic N) is 1. The fourth-order valence-electron chi connectivity index (χ4n) is 2.29. The maximum absolute atomic E-state index is 9.82. The van der Waals surface area contributed by atoms with Crippen molar-refractivity contribution in [3.63, 3.8) is 0 Å². The molecular weight excluding hydrogens is 278 g/mol. The van der Waals surface area contributed by atoms with Gasteiger partial charge in [0, 0.05) is 6.54 Å². The summed E-state index contributed by atoms with van der Waals surface area (Å²) in [6.07, 6.45) is 10.0. The highest BCUT2D eigenvalue weighted by atomic mass is 16.3. The number of aliphatic imine (C=N–C) groups is 1. The molecule has 2 atom stereocenters. The highest BCUT2D eigenvalue weighted by molar-refractivity contribution is 5.77. The van der Waals surface area contributed by atoms with E-state index in [0.717, 1.165) is 32.1 Å². The van der Waals surface area contributed by atoms with E-state index in [1.165, 1.54) is 32.1 Å². The molecule has 2 unspecified atom stereocenters. The van der Waals surface area contributed by atoms with Gasteiger partial charge in [-0.15, -0.1) is 0 Å². The summed E-state index contributed by atoms with van der Waals surface area (Å²) in [4.78, 5) is 4.13. The molecule has 5 N–H and O–H groups in total. The summed E-state index contributed by atoms with van der Waals surface area (Å²) >= 11 is 0. The van der Waals surface area contributed by atoms with Gasteiger partial charge in [-0.1, -0.05) is 65.2 Å². The molecule has 0 aromatic heterocycles. The summed E-state index contributed by atoms with van der Waals surface area (Å²) in [6.45, 7) is 5.10. The first-order valence-electron chi connectivity index (χ1n) is 9.00. The summed E-state index contributed by atoms with van der Waals surface area (Å²) in [5, 5.41) is 22.5. The minimum Gasteiger partial charge on any atom is -0.391 e. The zero-order valence-electron chi connectivity index (χ0n) is 14.6. The molecule has 132 valence electrons. The van der Waals surface area contributed by atoms with Gasteiger partial charge < -0.3 is 21.3 Å². The molecule has 0 radical (unpaired) electrons. The van der Waals surface area contributed by atoms with Gasteiger partial charge in [-0.25, -0.2) is 0 Å². The monoisotopic (exact) mass is 315 g/mol. The van der Waals surface area contributed by atoms with Crippen molar-refractivity contribution in [2.24, 2.45) is 10.7 Å². The molecule has 0 saturated heterocycles. The third-order valence-corrected chi connectivity index (χ3v) is 3.77. The summed E-state index contributed by atoms with van der Waals surface area (Å²) in [5.41, 5.74) is 5.74. The van der Waals surface area contributed by atoms with Gasteiger partial charge in [-0.2, -0.15) is 0 Å². The highest BCUT2D eigenvalue weighted by Crippen LogP contribution is 2.06. The number of hydrogen-bond acceptors (Lipinski definition) is 3. The van der Waals surface area contributed by atoms with Gasteiger partial charge in [0.1, 0.15) is 0 Å². The van der Waals surface area contributed by atoms with Crippen LogP contribution in [0.25, 0.3) is 0 Å². The van der Waals surface area contributed by atoms with Crippen LogP contribution in [0, 0.1) is 0 Å². The first-order chi connectivity index (χ1) is 10.6. The van der Waals surface area contributed by atoms with Crippen LogP contribution in [-0.4, -0.2) is 41.5 Å². The molecule has 0 aromatic rings. The Morgan fingerprint density at radius 1 is 0.909 bits per heavy atom. The van der Waals surface area contributed by atoms with E-state index < -0.39 is 6.10 Å². The second-order valence-electron chi connectivity index (χ2n) is 6.11. The lowest BCUT2D eigenvalue weighted by molar-refractivity contribution is 0.163. The molecule has 0 aliphatic carbocycles. The Kier molecular flexibility index (Phi) is 14.5. The van der Waals surface area contributed by atoms with Gasteiger partial charge in [0.2, 0.25) is 0 Å². The minimum atomic E-state index is -0.420. The Morgan fingerprint density at radius 3 is 2.00 bits per heavy atom. The Balaban J connectivity index is 3.65. The smallest absolute Gasteiger partial charge is 0.188 e. The van der Waals surface area contributed by atoms with Crippen LogP contribution in [0.2, 0.25) is 0 Å². The third-order valence-electron chi connectivity index (χ3n) is 3.77. The van der Waals surface area contributed by atoms with Gasteiger partial charge in [-0.3, -0.25) is 4.99 Å². The van der Waals surface area contributed by atoms with Gasteiger partial charge in [0.25, 0.3) is 0 Å². The SMILES string of the molecule is CCCCCCC(O)CN=C(N)NCC(O)CCCCCC. The fraction of sp³-hybridized carbons (Fsp3) is 0.941. The lowest BCUT2D eigenvalue weighted by Gasteiger charge is -2.13. The standard InChI is InChI=1S/C17H37N3O2/c1-3-5-7-9-11-15(21)13-19-17(18)20-14-16(22)12-10-8-6-4-2/h15-16,21-22H,3-14H2,1-2H3,(H3,18,19,20). The van der Waals surface area contributed by atoms with Crippen molar-refractivity contribution in [1.29, 1.82) is 0 Å². The minimum absolute atomic E-state index is 0.306. The van der Waals surface area contributed by atoms with Crippen molar-refractivity contribution in [3.05, 3.63) is 0 Å². The lowest BCUT2D eigenvalue weighted by Crippen LogP contribution is -2.38. The third kappa shape index (κ3) is 14.1. The molecule has 22 heavy (non-hydrogen) atoms. The predicted molar refractivity (Wildman–Crippen MR) is 94.0 cm³/mol. The zero-order chi connectivity index (χ0) is 16.6. The molecule has 0 aliphatic rings. The number of unbranched alkanes of at least 4 members (excludes halogenated alkanes) is 6. The maximum atomic E-state index is 9.82. The topological polar surface area (TPSA) is 90.9 Å². The van der Waals surface area contributed by atoms with Crippen LogP contribution in [0.15, 0.2) is 4.99 Å². The molecule has 0 fully saturated rings. The largest absolute Gasteiger partial charge is 0.391 e. The second-order valence-corrected chi connectivity index (χ2v) is 6.11. The van der Waals surface area contributed by atoms with Crippen molar-refractivity contribution in [2.75, 3.05) is 13.1 Å². The van der Waals surface area contributed by atoms with Gasteiger partial charge >= 0.3 is 0 Å². The lowest BCUT2D eigenvalue weighted by atomic mass is 10.1. The van der Waals surface area contributed by atoms with Crippen molar-refractivity contribution < 1.29 is 10.2 Å². The first kappa shape index (κ1) is 21.2. The van der Waals surface area contributed by atoms with Crippen LogP contribution in [-0.2, 0) is 0 Å². The van der Waals surface area contributed by atoms with Crippen LogP contribution in [0.1, 0.15) is 78.1 Å². The van der Waals surface area contributed by atoms with Crippen molar-refractivity contribution in [2.45, 2.75) is 90.3 Å². The van der Waals surface area contributed by atoms with Crippen LogP contribution in [0.3, 0.4) is 0 Å². The Bertz CT molecular complexity index is 273. The Morgan fingerprint density at radius 2 is 1.45 bits per heavy atom. The molecule has 0 aromatic carbocycles. The molecule has 5 heteroatoms. The van der Waals surface area contributed by atoms with E-state index in [0.29, 0.717) is 19.0 Å². The molecule has 0 rings (SSSR count). The van der Waals surface area contributed by atoms with Crippen molar-refractivity contribution in [3.8, 4) is 0 Å². The van der Waals surface area contributed by atoms with E-state index in [4.69, 9.17) is 5.73 Å². The van der Waals surface area contributed by atoms with E-state index in [9.17, 15) is 10.2 Å². The van der Waals surface area contributed by atoms with Crippen LogP contribution in [0.5, 0.6) is 0 Å². The molecule has 0 spiro atoms.